The fourth-order valence-electron chi connectivity index (χ4n) is 1.27. The van der Waals surface area contributed by atoms with E-state index in [1.54, 1.807) is 24.3 Å². The molecule has 0 unspecified atom stereocenters. The predicted octanol–water partition coefficient (Wildman–Crippen LogP) is 2.41. The lowest BCUT2D eigenvalue weighted by Gasteiger charge is -2.08. The third kappa shape index (κ3) is 7.78. The second-order valence-corrected chi connectivity index (χ2v) is 4.97. The van der Waals surface area contributed by atoms with Crippen LogP contribution in [-0.4, -0.2) is 30.3 Å². The molecule has 8 heteroatoms. The lowest BCUT2D eigenvalue weighted by atomic mass is 10.3. The van der Waals surface area contributed by atoms with Crippen LogP contribution in [0.1, 0.15) is 6.42 Å². The molecule has 0 spiro atoms. The van der Waals surface area contributed by atoms with E-state index in [-0.39, 0.29) is 43.0 Å². The molecule has 0 atom stereocenters. The Kier molecular flexibility index (Phi) is 6.50. The molecule has 3 N–H and O–H groups in total. The van der Waals surface area contributed by atoms with Crippen molar-refractivity contribution in [3.05, 3.63) is 24.3 Å². The van der Waals surface area contributed by atoms with Crippen LogP contribution >= 0.6 is 11.8 Å². The van der Waals surface area contributed by atoms with Crippen LogP contribution in [-0.2, 0) is 4.79 Å². The number of hydrogen-bond donors (Lipinski definition) is 2. The molecule has 1 aromatic rings. The third-order valence-corrected chi connectivity index (χ3v) is 2.90. The number of nitrogens with one attached hydrogen (secondary N) is 1. The lowest BCUT2D eigenvalue weighted by Crippen LogP contribution is -2.27. The molecule has 20 heavy (non-hydrogen) atoms. The van der Waals surface area contributed by atoms with Crippen molar-refractivity contribution in [1.29, 1.82) is 0 Å². The minimum atomic E-state index is -4.26. The van der Waals surface area contributed by atoms with Crippen LogP contribution in [0.3, 0.4) is 0 Å². The van der Waals surface area contributed by atoms with Crippen LogP contribution in [0.4, 0.5) is 18.9 Å². The molecule has 0 heterocycles. The SMILES string of the molecule is Nc1ccc(OCCC(=O)NCCSC(F)(F)F)cc1. The Hall–Kier alpha value is -1.57. The van der Waals surface area contributed by atoms with Crippen LogP contribution < -0.4 is 15.8 Å². The second-order valence-electron chi connectivity index (χ2n) is 3.81. The van der Waals surface area contributed by atoms with Crippen LogP contribution in [0.2, 0.25) is 0 Å². The van der Waals surface area contributed by atoms with E-state index < -0.39 is 5.51 Å². The molecule has 1 amide bonds. The third-order valence-electron chi connectivity index (χ3n) is 2.17. The normalized spacial score (nSPS) is 11.2. The van der Waals surface area contributed by atoms with Crippen molar-refractivity contribution in [2.24, 2.45) is 0 Å². The van der Waals surface area contributed by atoms with Gasteiger partial charge in [0.1, 0.15) is 5.75 Å². The van der Waals surface area contributed by atoms with Crippen molar-refractivity contribution in [3.8, 4) is 5.75 Å². The highest BCUT2D eigenvalue weighted by atomic mass is 32.2. The van der Waals surface area contributed by atoms with E-state index in [0.29, 0.717) is 11.4 Å². The highest BCUT2D eigenvalue weighted by Gasteiger charge is 2.27. The standard InChI is InChI=1S/C12H15F3N2O2S/c13-12(14,15)20-8-6-17-11(18)5-7-19-10-3-1-9(16)2-4-10/h1-4H,5-8,16H2,(H,17,18). The fourth-order valence-corrected chi connectivity index (χ4v) is 1.71. The first-order valence-electron chi connectivity index (χ1n) is 5.82. The molecule has 0 aliphatic carbocycles. The highest BCUT2D eigenvalue weighted by Crippen LogP contribution is 2.29. The van der Waals surface area contributed by atoms with Gasteiger partial charge in [-0.15, -0.1) is 0 Å². The Balaban J connectivity index is 2.10. The Morgan fingerprint density at radius 1 is 1.30 bits per heavy atom. The van der Waals surface area contributed by atoms with E-state index in [1.165, 1.54) is 0 Å². The van der Waals surface area contributed by atoms with Gasteiger partial charge in [-0.3, -0.25) is 4.79 Å². The number of ether oxygens (including phenoxy) is 1. The molecule has 0 bridgehead atoms. The highest BCUT2D eigenvalue weighted by molar-refractivity contribution is 8.00. The number of anilines is 1. The Morgan fingerprint density at radius 2 is 1.95 bits per heavy atom. The van der Waals surface area contributed by atoms with Crippen LogP contribution in [0.15, 0.2) is 24.3 Å². The molecule has 4 nitrogen and oxygen atoms in total. The van der Waals surface area contributed by atoms with Gasteiger partial charge in [0.05, 0.1) is 13.0 Å². The van der Waals surface area contributed by atoms with Gasteiger partial charge in [-0.25, -0.2) is 0 Å². The number of halogens is 3. The van der Waals surface area contributed by atoms with Gasteiger partial charge in [0, 0.05) is 18.0 Å². The van der Waals surface area contributed by atoms with Crippen molar-refractivity contribution in [2.45, 2.75) is 11.9 Å². The van der Waals surface area contributed by atoms with E-state index in [4.69, 9.17) is 10.5 Å². The van der Waals surface area contributed by atoms with Gasteiger partial charge in [-0.1, -0.05) is 0 Å². The topological polar surface area (TPSA) is 64.3 Å². The first-order valence-corrected chi connectivity index (χ1v) is 6.81. The van der Waals surface area contributed by atoms with E-state index >= 15 is 0 Å². The van der Waals surface area contributed by atoms with Crippen molar-refractivity contribution < 1.29 is 22.7 Å². The van der Waals surface area contributed by atoms with Gasteiger partial charge in [0.25, 0.3) is 0 Å². The number of rotatable bonds is 7. The Labute approximate surface area is 118 Å². The van der Waals surface area contributed by atoms with E-state index in [2.05, 4.69) is 5.32 Å². The van der Waals surface area contributed by atoms with Crippen LogP contribution in [0.25, 0.3) is 0 Å². The summed E-state index contributed by atoms with van der Waals surface area (Å²) in [5.41, 5.74) is 1.85. The molecule has 0 aliphatic heterocycles. The molecule has 112 valence electrons. The lowest BCUT2D eigenvalue weighted by molar-refractivity contribution is -0.121. The zero-order chi connectivity index (χ0) is 15.0. The minimum absolute atomic E-state index is 0.0229. The number of amides is 1. The molecular formula is C12H15F3N2O2S. The first kappa shape index (κ1) is 16.5. The number of thioether (sulfide) groups is 1. The number of nitrogen functional groups attached to an aromatic ring is 1. The molecule has 1 rings (SSSR count). The molecule has 0 radical (unpaired) electrons. The number of benzene rings is 1. The number of nitrogens with two attached hydrogens (primary N) is 1. The van der Waals surface area contributed by atoms with Gasteiger partial charge in [-0.05, 0) is 36.0 Å². The quantitative estimate of drug-likeness (QED) is 0.600. The number of hydrogen-bond acceptors (Lipinski definition) is 4. The monoisotopic (exact) mass is 308 g/mol. The zero-order valence-electron chi connectivity index (χ0n) is 10.6. The van der Waals surface area contributed by atoms with Gasteiger partial charge >= 0.3 is 5.51 Å². The van der Waals surface area contributed by atoms with Crippen molar-refractivity contribution in [3.63, 3.8) is 0 Å². The average molecular weight is 308 g/mol. The molecular weight excluding hydrogens is 293 g/mol. The van der Waals surface area contributed by atoms with Crippen LogP contribution in [0.5, 0.6) is 5.75 Å². The maximum atomic E-state index is 11.8. The number of carbonyl (C=O) groups is 1. The minimum Gasteiger partial charge on any atom is -0.493 e. The molecule has 1 aromatic carbocycles. The molecule has 0 saturated carbocycles. The summed E-state index contributed by atoms with van der Waals surface area (Å²) in [6.07, 6.45) is 0.0844. The van der Waals surface area contributed by atoms with E-state index in [1.807, 2.05) is 0 Å². The van der Waals surface area contributed by atoms with Gasteiger partial charge in [-0.2, -0.15) is 13.2 Å². The summed E-state index contributed by atoms with van der Waals surface area (Å²) in [4.78, 5) is 11.3. The Morgan fingerprint density at radius 3 is 2.55 bits per heavy atom. The smallest absolute Gasteiger partial charge is 0.441 e. The summed E-state index contributed by atoms with van der Waals surface area (Å²) in [6.45, 7) is 0.132. The second kappa shape index (κ2) is 7.88. The largest absolute Gasteiger partial charge is 0.493 e. The van der Waals surface area contributed by atoms with Gasteiger partial charge < -0.3 is 15.8 Å². The van der Waals surface area contributed by atoms with Gasteiger partial charge in [0.15, 0.2) is 0 Å². The summed E-state index contributed by atoms with van der Waals surface area (Å²) in [5, 5.41) is 2.39. The first-order chi connectivity index (χ1) is 9.37. The maximum Gasteiger partial charge on any atom is 0.441 e. The molecule has 0 aliphatic rings. The zero-order valence-corrected chi connectivity index (χ0v) is 11.4. The molecule has 0 saturated heterocycles. The van der Waals surface area contributed by atoms with Gasteiger partial charge in [0.2, 0.25) is 5.91 Å². The summed E-state index contributed by atoms with van der Waals surface area (Å²) in [5.74, 6) is 0.0384. The summed E-state index contributed by atoms with van der Waals surface area (Å²) in [7, 11) is 0. The maximum absolute atomic E-state index is 11.8. The summed E-state index contributed by atoms with van der Waals surface area (Å²) in [6, 6.07) is 6.69. The molecule has 0 fully saturated rings. The number of alkyl halides is 3. The van der Waals surface area contributed by atoms with Crippen molar-refractivity contribution in [1.82, 2.24) is 5.32 Å². The van der Waals surface area contributed by atoms with E-state index in [9.17, 15) is 18.0 Å². The van der Waals surface area contributed by atoms with Crippen molar-refractivity contribution >= 4 is 23.4 Å². The fraction of sp³-hybridized carbons (Fsp3) is 0.417. The molecule has 0 aromatic heterocycles. The average Bonchev–Trinajstić information content (AvgIpc) is 2.36. The summed E-state index contributed by atoms with van der Waals surface area (Å²) >= 11 is -0.160. The predicted molar refractivity (Wildman–Crippen MR) is 72.5 cm³/mol. The summed E-state index contributed by atoms with van der Waals surface area (Å²) < 4.78 is 40.8. The van der Waals surface area contributed by atoms with Crippen molar-refractivity contribution in [2.75, 3.05) is 24.6 Å². The number of carbonyl (C=O) groups excluding carboxylic acids is 1. The Bertz CT molecular complexity index is 424. The van der Waals surface area contributed by atoms with Crippen LogP contribution in [0, 0.1) is 0 Å². The van der Waals surface area contributed by atoms with E-state index in [0.717, 1.165) is 0 Å².